The summed E-state index contributed by atoms with van der Waals surface area (Å²) >= 11 is 0. The van der Waals surface area contributed by atoms with E-state index >= 15 is 0 Å². The number of nitrogens with one attached hydrogen (secondary N) is 11. The molecule has 618 valence electrons. The Labute approximate surface area is 646 Å². The first kappa shape index (κ1) is 94.4. The van der Waals surface area contributed by atoms with Crippen LogP contribution in [0.5, 0.6) is 11.5 Å². The SMILES string of the molecule is CC[C@H](C)[C@H](NC(=O)[C@H](CCC(N)=O)NC(=O)[C@H](CC(C)C)NC(=O)[C@H](Cc1ccc(O)cc1)NC(=O)[C@@H](N)CCC(=O)O)C(=O)N[C@@H](CCC(N)=O)C(=O)N[C@@H](Cc1ccc(O)cc1)C(=O)N[C@@H](Cc1ccccc1)C(=O)N[C@@H](CC(=O)O)C(=O)N[C@@H](CCC(=O)O)C(=O)N[C@@H](CCC(=O)O)C(=O)N[C@@H](CC(N)=O)C(=O)O. The number of rotatable bonds is 52. The van der Waals surface area contributed by atoms with Crippen LogP contribution in [0.1, 0.15) is 134 Å². The monoisotopic (exact) mass is 1590 g/mol. The first-order chi connectivity index (χ1) is 53.0. The summed E-state index contributed by atoms with van der Waals surface area (Å²) in [6.07, 6.45) is -9.96. The molecule has 0 aromatic heterocycles. The van der Waals surface area contributed by atoms with Gasteiger partial charge in [-0.2, -0.15) is 0 Å². The van der Waals surface area contributed by atoms with Crippen LogP contribution < -0.4 is 81.4 Å². The van der Waals surface area contributed by atoms with Gasteiger partial charge in [-0.3, -0.25) is 86.3 Å². The molecule has 0 radical (unpaired) electrons. The molecule has 0 bridgehead atoms. The lowest BCUT2D eigenvalue weighted by atomic mass is 9.96. The molecule has 0 aliphatic heterocycles. The van der Waals surface area contributed by atoms with E-state index < -0.39 is 274 Å². The van der Waals surface area contributed by atoms with Crippen LogP contribution in [0.2, 0.25) is 0 Å². The predicted molar refractivity (Wildman–Crippen MR) is 393 cm³/mol. The van der Waals surface area contributed by atoms with Gasteiger partial charge in [0.2, 0.25) is 82.7 Å². The Balaban J connectivity index is 2.08. The summed E-state index contributed by atoms with van der Waals surface area (Å²) < 4.78 is 0. The van der Waals surface area contributed by atoms with Crippen LogP contribution >= 0.6 is 0 Å². The van der Waals surface area contributed by atoms with Crippen molar-refractivity contribution >= 4 is 113 Å². The fourth-order valence-electron chi connectivity index (χ4n) is 11.0. The molecule has 14 amide bonds. The molecule has 0 heterocycles. The number of phenolic OH excluding ortho intramolecular Hbond substituents is 2. The number of carboxylic acid groups (broad SMARTS) is 5. The molecular formula is C72H99N15O26. The molecule has 0 spiro atoms. The number of phenols is 2. The summed E-state index contributed by atoms with van der Waals surface area (Å²) in [5.74, 6) is -25.8. The number of carboxylic acids is 5. The number of nitrogens with two attached hydrogens (primary N) is 4. The average molecular weight is 1590 g/mol. The minimum Gasteiger partial charge on any atom is -0.508 e. The van der Waals surface area contributed by atoms with Crippen molar-refractivity contribution in [1.29, 1.82) is 0 Å². The molecule has 13 atom stereocenters. The zero-order valence-electron chi connectivity index (χ0n) is 62.3. The van der Waals surface area contributed by atoms with E-state index in [1.807, 2.05) is 5.32 Å². The van der Waals surface area contributed by atoms with E-state index in [0.717, 1.165) is 0 Å². The van der Waals surface area contributed by atoms with Gasteiger partial charge in [0.15, 0.2) is 0 Å². The van der Waals surface area contributed by atoms with Crippen molar-refractivity contribution in [2.45, 2.75) is 209 Å². The number of carbonyl (C=O) groups is 19. The second kappa shape index (κ2) is 47.3. The van der Waals surface area contributed by atoms with Crippen molar-refractivity contribution in [2.24, 2.45) is 34.8 Å². The normalized spacial score (nSPS) is 14.4. The van der Waals surface area contributed by atoms with Crippen LogP contribution in [0.25, 0.3) is 0 Å². The molecule has 3 aromatic carbocycles. The van der Waals surface area contributed by atoms with Gasteiger partial charge in [-0.15, -0.1) is 0 Å². The molecule has 0 unspecified atom stereocenters. The second-order valence-electron chi connectivity index (χ2n) is 27.1. The smallest absolute Gasteiger partial charge is 0.326 e. The molecule has 26 N–H and O–H groups in total. The molecule has 3 rings (SSSR count). The molecule has 0 fully saturated rings. The number of hydrogen-bond donors (Lipinski definition) is 22. The second-order valence-corrected chi connectivity index (χ2v) is 27.1. The number of benzene rings is 3. The van der Waals surface area contributed by atoms with Gasteiger partial charge in [-0.05, 0) is 91.3 Å². The fraction of sp³-hybridized carbons (Fsp3) is 0.486. The van der Waals surface area contributed by atoms with Crippen LogP contribution in [-0.2, 0) is 110 Å². The van der Waals surface area contributed by atoms with Crippen molar-refractivity contribution in [3.63, 3.8) is 0 Å². The van der Waals surface area contributed by atoms with E-state index in [2.05, 4.69) is 53.2 Å². The summed E-state index contributed by atoms with van der Waals surface area (Å²) in [5.41, 5.74) is 23.0. The summed E-state index contributed by atoms with van der Waals surface area (Å²) in [6.45, 7) is 6.48. The van der Waals surface area contributed by atoms with Crippen molar-refractivity contribution in [1.82, 2.24) is 58.5 Å². The third kappa shape index (κ3) is 35.6. The Morgan fingerprint density at radius 2 is 0.637 bits per heavy atom. The van der Waals surface area contributed by atoms with E-state index in [9.17, 15) is 127 Å². The molecule has 0 aliphatic rings. The first-order valence-electron chi connectivity index (χ1n) is 35.7. The minimum atomic E-state index is -2.22. The highest BCUT2D eigenvalue weighted by Crippen LogP contribution is 2.18. The van der Waals surface area contributed by atoms with Gasteiger partial charge in [0, 0.05) is 51.4 Å². The van der Waals surface area contributed by atoms with Gasteiger partial charge >= 0.3 is 29.8 Å². The quantitative estimate of drug-likeness (QED) is 0.0253. The van der Waals surface area contributed by atoms with Gasteiger partial charge in [0.1, 0.15) is 78.0 Å². The lowest BCUT2D eigenvalue weighted by Crippen LogP contribution is -2.62. The van der Waals surface area contributed by atoms with E-state index in [4.69, 9.17) is 22.9 Å². The van der Waals surface area contributed by atoms with Gasteiger partial charge in [-0.1, -0.05) is 88.7 Å². The van der Waals surface area contributed by atoms with Gasteiger partial charge < -0.3 is 117 Å². The highest BCUT2D eigenvalue weighted by molar-refractivity contribution is 6.01. The van der Waals surface area contributed by atoms with Crippen molar-refractivity contribution in [3.8, 4) is 11.5 Å². The number of aromatic hydroxyl groups is 2. The van der Waals surface area contributed by atoms with Crippen molar-refractivity contribution in [2.75, 3.05) is 0 Å². The van der Waals surface area contributed by atoms with Gasteiger partial charge in [-0.25, -0.2) is 4.79 Å². The minimum absolute atomic E-state index is 0.115. The Morgan fingerprint density at radius 3 is 1.00 bits per heavy atom. The summed E-state index contributed by atoms with van der Waals surface area (Å²) in [5, 5.41) is 93.7. The van der Waals surface area contributed by atoms with Gasteiger partial charge in [0.05, 0.1) is 18.9 Å². The molecule has 113 heavy (non-hydrogen) atoms. The Hall–Kier alpha value is -12.8. The highest BCUT2D eigenvalue weighted by Gasteiger charge is 2.39. The number of aliphatic carboxylic acids is 5. The number of amides is 14. The Bertz CT molecular complexity index is 3880. The van der Waals surface area contributed by atoms with Gasteiger partial charge in [0.25, 0.3) is 0 Å². The molecule has 0 saturated heterocycles. The Morgan fingerprint density at radius 1 is 0.327 bits per heavy atom. The molecule has 41 nitrogen and oxygen atoms in total. The van der Waals surface area contributed by atoms with Crippen LogP contribution in [-0.4, -0.2) is 221 Å². The highest BCUT2D eigenvalue weighted by atomic mass is 16.4. The maximum absolute atomic E-state index is 15.0. The molecule has 0 aliphatic carbocycles. The molecular weight excluding hydrogens is 1490 g/mol. The number of primary amides is 3. The van der Waals surface area contributed by atoms with Crippen LogP contribution in [0.3, 0.4) is 0 Å². The summed E-state index contributed by atoms with van der Waals surface area (Å²) in [7, 11) is 0. The molecule has 0 saturated carbocycles. The topological polar surface area (TPSA) is 702 Å². The maximum Gasteiger partial charge on any atom is 0.326 e. The predicted octanol–water partition coefficient (Wildman–Crippen LogP) is -4.56. The molecule has 3 aromatic rings. The summed E-state index contributed by atoms with van der Waals surface area (Å²) in [4.78, 5) is 252. The third-order valence-electron chi connectivity index (χ3n) is 17.3. The summed E-state index contributed by atoms with van der Waals surface area (Å²) in [6, 6.07) is -3.32. The van der Waals surface area contributed by atoms with E-state index in [-0.39, 0.29) is 48.7 Å². The number of carbonyl (C=O) groups excluding carboxylic acids is 14. The molecule has 41 heteroatoms. The Kier molecular flexibility index (Phi) is 39.5. The van der Waals surface area contributed by atoms with Crippen LogP contribution in [0, 0.1) is 11.8 Å². The van der Waals surface area contributed by atoms with Crippen LogP contribution in [0.15, 0.2) is 78.9 Å². The lowest BCUT2D eigenvalue weighted by Gasteiger charge is -2.30. The van der Waals surface area contributed by atoms with E-state index in [0.29, 0.717) is 11.1 Å². The zero-order valence-corrected chi connectivity index (χ0v) is 62.3. The lowest BCUT2D eigenvalue weighted by molar-refractivity contribution is -0.144. The third-order valence-corrected chi connectivity index (χ3v) is 17.3. The van der Waals surface area contributed by atoms with Crippen molar-refractivity contribution in [3.05, 3.63) is 95.6 Å². The maximum atomic E-state index is 15.0. The standard InChI is InChI=1S/C72H99N15O26/c1-5-36(4)60(87-65(105)44(21-25-54(75)91)78-66(106)47(29-35(2)3)82-67(107)48(31-38-11-15-40(88)16-12-38)81-61(101)42(73)19-26-56(93)94)71(111)80-43(20-24-53(74)90)63(103)83-50(32-39-13-17-41(89)18-14-39)68(108)84-49(30-37-9-7-6-8-10-37)69(109)85-51(34-59(99)100)70(110)79-45(22-27-57(95)96)62(102)77-46(23-28-58(97)98)64(104)86-52(72(112)113)33-55(76)92/h6-18,35-36,42-52,60,88-89H,5,19-34,73H2,1-4H3,(H2,74,90)(H2,75,91)(H2,76,92)(H,77,102)(H,78,106)(H,79,110)(H,80,111)(H,81,101)(H,82,107)(H,83,103)(H,84,108)(H,85,109)(H,86,104)(H,87,105)(H,93,94)(H,95,96)(H,97,98)(H,99,100)(H,112,113)/t36-,42-,43-,44-,45-,46-,47-,48-,49-,50-,51-,52-,60-/m0/s1. The first-order valence-corrected chi connectivity index (χ1v) is 35.7. The van der Waals surface area contributed by atoms with E-state index in [1.165, 1.54) is 79.7 Å². The van der Waals surface area contributed by atoms with Crippen LogP contribution in [0.4, 0.5) is 0 Å². The largest absolute Gasteiger partial charge is 0.508 e. The fourth-order valence-corrected chi connectivity index (χ4v) is 11.0. The average Bonchev–Trinajstić information content (AvgIpc) is 0.851. The van der Waals surface area contributed by atoms with Crippen molar-refractivity contribution < 1.29 is 127 Å². The zero-order chi connectivity index (χ0) is 84.9. The van der Waals surface area contributed by atoms with E-state index in [1.54, 1.807) is 26.8 Å². The number of hydrogen-bond acceptors (Lipinski definition) is 22.